The highest BCUT2D eigenvalue weighted by molar-refractivity contribution is 7.11. The molecule has 4 fully saturated rings. The number of hydrogen-bond donors (Lipinski definition) is 0. The summed E-state index contributed by atoms with van der Waals surface area (Å²) in [5.41, 5.74) is 1.45. The van der Waals surface area contributed by atoms with Crippen molar-refractivity contribution in [1.82, 2.24) is 10.2 Å². The second-order valence-electron chi connectivity index (χ2n) is 8.70. The van der Waals surface area contributed by atoms with Crippen molar-refractivity contribution in [3.05, 3.63) is 10.0 Å². The van der Waals surface area contributed by atoms with Crippen LogP contribution >= 0.6 is 22.9 Å². The number of nitrogens with zero attached hydrogens (tertiary/aromatic N) is 2. The van der Waals surface area contributed by atoms with Crippen molar-refractivity contribution in [1.29, 1.82) is 0 Å². The molecule has 0 radical (unpaired) electrons. The van der Waals surface area contributed by atoms with E-state index in [0.717, 1.165) is 24.6 Å². The molecular weight excluding hydrogens is 300 g/mol. The van der Waals surface area contributed by atoms with E-state index in [2.05, 4.69) is 24.0 Å². The summed E-state index contributed by atoms with van der Waals surface area (Å²) in [5.74, 6) is 1.64. The van der Waals surface area contributed by atoms with Crippen molar-refractivity contribution >= 4 is 22.9 Å². The van der Waals surface area contributed by atoms with Crippen molar-refractivity contribution in [3.8, 4) is 0 Å². The molecule has 4 aliphatic rings. The Morgan fingerprint density at radius 2 is 1.81 bits per heavy atom. The number of alkyl halides is 1. The van der Waals surface area contributed by atoms with Crippen LogP contribution in [0.25, 0.3) is 0 Å². The van der Waals surface area contributed by atoms with Crippen LogP contribution in [-0.2, 0) is 11.8 Å². The Morgan fingerprint density at radius 3 is 2.43 bits per heavy atom. The predicted octanol–water partition coefficient (Wildman–Crippen LogP) is 4.96. The summed E-state index contributed by atoms with van der Waals surface area (Å²) in [6, 6.07) is 0. The highest BCUT2D eigenvalue weighted by Gasteiger charge is 2.61. The topological polar surface area (TPSA) is 25.8 Å². The molecular formula is C17H25ClN2S. The van der Waals surface area contributed by atoms with E-state index in [4.69, 9.17) is 11.6 Å². The summed E-state index contributed by atoms with van der Waals surface area (Å²) >= 11 is 7.69. The first-order valence-corrected chi connectivity index (χ1v) is 9.68. The normalized spacial score (nSPS) is 44.4. The number of rotatable bonds is 4. The van der Waals surface area contributed by atoms with Crippen LogP contribution in [0.5, 0.6) is 0 Å². The molecule has 116 valence electrons. The number of aryl methyl sites for hydroxylation is 1. The van der Waals surface area contributed by atoms with Gasteiger partial charge in [-0.3, -0.25) is 0 Å². The first-order valence-electron chi connectivity index (χ1n) is 8.33. The summed E-state index contributed by atoms with van der Waals surface area (Å²) in [5, 5.41) is 11.6. The van der Waals surface area contributed by atoms with Crippen LogP contribution in [0, 0.1) is 16.7 Å². The van der Waals surface area contributed by atoms with Gasteiger partial charge in [-0.1, -0.05) is 13.8 Å². The van der Waals surface area contributed by atoms with E-state index in [1.807, 2.05) is 11.3 Å². The van der Waals surface area contributed by atoms with Gasteiger partial charge in [0.05, 0.1) is 0 Å². The molecule has 0 spiro atoms. The average molecular weight is 325 g/mol. The quantitative estimate of drug-likeness (QED) is 0.732. The molecule has 5 rings (SSSR count). The first-order chi connectivity index (χ1) is 9.94. The molecule has 1 aromatic rings. The maximum absolute atomic E-state index is 5.81. The van der Waals surface area contributed by atoms with Crippen LogP contribution in [0.1, 0.15) is 68.8 Å². The van der Waals surface area contributed by atoms with Gasteiger partial charge in [0.15, 0.2) is 0 Å². The van der Waals surface area contributed by atoms with Crippen LogP contribution < -0.4 is 0 Å². The Morgan fingerprint density at radius 1 is 1.10 bits per heavy atom. The first kappa shape index (κ1) is 14.4. The van der Waals surface area contributed by atoms with Gasteiger partial charge in [-0.25, -0.2) is 0 Å². The molecule has 1 aromatic heterocycles. The summed E-state index contributed by atoms with van der Waals surface area (Å²) < 4.78 is 0. The third-order valence-corrected chi connectivity index (χ3v) is 7.57. The number of aromatic nitrogens is 2. The summed E-state index contributed by atoms with van der Waals surface area (Å²) in [6.45, 7) is 5.06. The van der Waals surface area contributed by atoms with Crippen LogP contribution in [-0.4, -0.2) is 16.1 Å². The highest BCUT2D eigenvalue weighted by atomic mass is 35.5. The van der Waals surface area contributed by atoms with Crippen LogP contribution in [0.15, 0.2) is 0 Å². The Kier molecular flexibility index (Phi) is 3.21. The van der Waals surface area contributed by atoms with Gasteiger partial charge in [-0.2, -0.15) is 0 Å². The van der Waals surface area contributed by atoms with Gasteiger partial charge in [0.2, 0.25) is 0 Å². The Labute approximate surface area is 136 Å². The van der Waals surface area contributed by atoms with Crippen LogP contribution in [0.2, 0.25) is 0 Å². The molecule has 4 aliphatic carbocycles. The lowest BCUT2D eigenvalue weighted by atomic mass is 9.40. The Balaban J connectivity index is 1.66. The third-order valence-electron chi connectivity index (χ3n) is 6.07. The van der Waals surface area contributed by atoms with Crippen LogP contribution in [0.3, 0.4) is 0 Å². The monoisotopic (exact) mass is 324 g/mol. The maximum Gasteiger partial charge on any atom is 0.123 e. The van der Waals surface area contributed by atoms with E-state index in [1.165, 1.54) is 48.5 Å². The molecule has 0 amide bonds. The van der Waals surface area contributed by atoms with Crippen molar-refractivity contribution < 1.29 is 0 Å². The zero-order valence-corrected chi connectivity index (χ0v) is 14.7. The zero-order valence-electron chi connectivity index (χ0n) is 13.1. The van der Waals surface area contributed by atoms with E-state index >= 15 is 0 Å². The second kappa shape index (κ2) is 4.67. The van der Waals surface area contributed by atoms with E-state index in [9.17, 15) is 0 Å². The van der Waals surface area contributed by atoms with E-state index in [-0.39, 0.29) is 0 Å². The van der Waals surface area contributed by atoms with Crippen molar-refractivity contribution in [2.75, 3.05) is 5.88 Å². The van der Waals surface area contributed by atoms with Gasteiger partial charge in [0, 0.05) is 17.7 Å². The predicted molar refractivity (Wildman–Crippen MR) is 88.0 cm³/mol. The molecule has 4 bridgehead atoms. The SMILES string of the molecule is CC12CC3CC(C)(C1)CC(c1nnc(CCCCl)s1)(C3)C2. The lowest BCUT2D eigenvalue weighted by Gasteiger charge is -2.64. The van der Waals surface area contributed by atoms with Gasteiger partial charge in [-0.05, 0) is 61.7 Å². The molecule has 0 N–H and O–H groups in total. The summed E-state index contributed by atoms with van der Waals surface area (Å²) in [4.78, 5) is 0. The fourth-order valence-electron chi connectivity index (χ4n) is 6.47. The van der Waals surface area contributed by atoms with Gasteiger partial charge in [0.1, 0.15) is 10.0 Å². The van der Waals surface area contributed by atoms with E-state index < -0.39 is 0 Å². The number of halogens is 1. The fourth-order valence-corrected chi connectivity index (χ4v) is 7.68. The fraction of sp³-hybridized carbons (Fsp3) is 0.882. The van der Waals surface area contributed by atoms with Gasteiger partial charge in [0.25, 0.3) is 0 Å². The molecule has 4 heteroatoms. The molecule has 2 atom stereocenters. The standard InChI is InChI=1S/C17H25ClN2S/c1-15-6-12-7-16(2,9-15)11-17(8-12,10-15)14-20-19-13(21-14)4-3-5-18/h12H,3-11H2,1-2H3. The van der Waals surface area contributed by atoms with Gasteiger partial charge >= 0.3 is 0 Å². The van der Waals surface area contributed by atoms with Crippen molar-refractivity contribution in [2.24, 2.45) is 16.7 Å². The maximum atomic E-state index is 5.81. The molecule has 0 saturated heterocycles. The molecule has 4 saturated carbocycles. The summed E-state index contributed by atoms with van der Waals surface area (Å²) in [7, 11) is 0. The lowest BCUT2D eigenvalue weighted by Crippen LogP contribution is -2.56. The smallest absolute Gasteiger partial charge is 0.123 e. The molecule has 2 unspecified atom stereocenters. The molecule has 2 nitrogen and oxygen atoms in total. The highest BCUT2D eigenvalue weighted by Crippen LogP contribution is 2.69. The minimum absolute atomic E-state index is 0.347. The Bertz CT molecular complexity index is 537. The van der Waals surface area contributed by atoms with Gasteiger partial charge in [-0.15, -0.1) is 33.1 Å². The largest absolute Gasteiger partial charge is 0.144 e. The van der Waals surface area contributed by atoms with E-state index in [1.54, 1.807) is 0 Å². The van der Waals surface area contributed by atoms with E-state index in [0.29, 0.717) is 16.2 Å². The summed E-state index contributed by atoms with van der Waals surface area (Å²) in [6.07, 6.45) is 10.4. The molecule has 0 aromatic carbocycles. The zero-order chi connectivity index (χ0) is 14.7. The minimum atomic E-state index is 0.347. The molecule has 1 heterocycles. The average Bonchev–Trinajstić information content (AvgIpc) is 2.81. The van der Waals surface area contributed by atoms with Gasteiger partial charge < -0.3 is 0 Å². The second-order valence-corrected chi connectivity index (χ2v) is 10.1. The number of hydrogen-bond acceptors (Lipinski definition) is 3. The lowest BCUT2D eigenvalue weighted by molar-refractivity contribution is -0.110. The van der Waals surface area contributed by atoms with Crippen LogP contribution in [0.4, 0.5) is 0 Å². The van der Waals surface area contributed by atoms with Crippen molar-refractivity contribution in [2.45, 2.75) is 70.6 Å². The van der Waals surface area contributed by atoms with Crippen molar-refractivity contribution in [3.63, 3.8) is 0 Å². The minimum Gasteiger partial charge on any atom is -0.144 e. The molecule has 21 heavy (non-hydrogen) atoms. The third kappa shape index (κ3) is 2.35. The Hall–Kier alpha value is -0.150. The molecule has 0 aliphatic heterocycles.